The molecule has 0 saturated carbocycles. The summed E-state index contributed by atoms with van der Waals surface area (Å²) in [5, 5.41) is 2.72. The van der Waals surface area contributed by atoms with Gasteiger partial charge in [-0.1, -0.05) is 30.3 Å². The van der Waals surface area contributed by atoms with E-state index < -0.39 is 11.7 Å². The molecule has 0 radical (unpaired) electrons. The van der Waals surface area contributed by atoms with Crippen molar-refractivity contribution < 1.29 is 18.7 Å². The molecule has 6 nitrogen and oxygen atoms in total. The number of oxazole rings is 1. The molecule has 0 aliphatic rings. The van der Waals surface area contributed by atoms with E-state index in [0.29, 0.717) is 35.0 Å². The molecule has 0 fully saturated rings. The lowest BCUT2D eigenvalue weighted by atomic mass is 10.2. The number of aromatic nitrogens is 1. The number of ether oxygens (including phenoxy) is 2. The van der Waals surface area contributed by atoms with Gasteiger partial charge in [-0.2, -0.15) is 0 Å². The molecular formula is C20H22N2O4. The van der Waals surface area contributed by atoms with Gasteiger partial charge in [-0.15, -0.1) is 0 Å². The summed E-state index contributed by atoms with van der Waals surface area (Å²) in [4.78, 5) is 16.4. The Morgan fingerprint density at radius 3 is 2.62 bits per heavy atom. The normalized spacial score (nSPS) is 11.4. The summed E-state index contributed by atoms with van der Waals surface area (Å²) in [5.74, 6) is 1.04. The Morgan fingerprint density at radius 2 is 1.92 bits per heavy atom. The fraction of sp³-hybridized carbons (Fsp3) is 0.300. The van der Waals surface area contributed by atoms with Gasteiger partial charge in [0.15, 0.2) is 17.2 Å². The monoisotopic (exact) mass is 354 g/mol. The Balaban J connectivity index is 1.85. The summed E-state index contributed by atoms with van der Waals surface area (Å²) in [6.45, 7) is 7.58. The summed E-state index contributed by atoms with van der Waals surface area (Å²) in [7, 11) is 0. The maximum atomic E-state index is 12.0. The molecule has 0 bridgehead atoms. The topological polar surface area (TPSA) is 73.6 Å². The molecule has 0 saturated heterocycles. The van der Waals surface area contributed by atoms with Crippen LogP contribution in [-0.2, 0) is 11.3 Å². The molecule has 0 aliphatic carbocycles. The number of nitrogens with one attached hydrogen (secondary N) is 1. The highest BCUT2D eigenvalue weighted by molar-refractivity contribution is 5.91. The minimum atomic E-state index is -0.578. The number of carbonyl (C=O) groups is 1. The van der Waals surface area contributed by atoms with Crippen molar-refractivity contribution in [2.75, 3.05) is 5.32 Å². The van der Waals surface area contributed by atoms with Gasteiger partial charge >= 0.3 is 6.09 Å². The van der Waals surface area contributed by atoms with E-state index in [-0.39, 0.29) is 0 Å². The van der Waals surface area contributed by atoms with Crippen LogP contribution in [0.2, 0.25) is 0 Å². The molecule has 0 unspecified atom stereocenters. The van der Waals surface area contributed by atoms with Gasteiger partial charge in [0.1, 0.15) is 17.7 Å². The first-order valence-electron chi connectivity index (χ1n) is 8.38. The van der Waals surface area contributed by atoms with Gasteiger partial charge in [-0.05, 0) is 32.4 Å². The number of carbonyl (C=O) groups excluding carboxylic acids is 1. The lowest BCUT2D eigenvalue weighted by Crippen LogP contribution is -2.27. The van der Waals surface area contributed by atoms with E-state index in [1.807, 2.05) is 51.1 Å². The van der Waals surface area contributed by atoms with Gasteiger partial charge < -0.3 is 13.9 Å². The number of aryl methyl sites for hydroxylation is 1. The number of hydrogen-bond donors (Lipinski definition) is 1. The van der Waals surface area contributed by atoms with Crippen LogP contribution in [0.5, 0.6) is 5.75 Å². The van der Waals surface area contributed by atoms with Gasteiger partial charge in [0.25, 0.3) is 0 Å². The highest BCUT2D eigenvalue weighted by atomic mass is 16.6. The molecule has 1 aromatic heterocycles. The zero-order valence-electron chi connectivity index (χ0n) is 15.3. The average Bonchev–Trinajstić information content (AvgIpc) is 2.92. The predicted molar refractivity (Wildman–Crippen MR) is 99.4 cm³/mol. The third-order valence-corrected chi connectivity index (χ3v) is 3.45. The third kappa shape index (κ3) is 4.53. The van der Waals surface area contributed by atoms with Crippen molar-refractivity contribution >= 4 is 22.9 Å². The van der Waals surface area contributed by atoms with Crippen LogP contribution in [0, 0.1) is 6.92 Å². The second-order valence-corrected chi connectivity index (χ2v) is 6.96. The molecule has 26 heavy (non-hydrogen) atoms. The van der Waals surface area contributed by atoms with E-state index in [1.165, 1.54) is 0 Å². The van der Waals surface area contributed by atoms with Crippen LogP contribution in [0.3, 0.4) is 0 Å². The Kier molecular flexibility index (Phi) is 4.84. The van der Waals surface area contributed by atoms with Gasteiger partial charge in [-0.3, -0.25) is 5.32 Å². The van der Waals surface area contributed by atoms with E-state index in [0.717, 1.165) is 5.56 Å². The molecule has 6 heteroatoms. The van der Waals surface area contributed by atoms with E-state index in [2.05, 4.69) is 10.3 Å². The fourth-order valence-electron chi connectivity index (χ4n) is 2.45. The number of benzene rings is 2. The van der Waals surface area contributed by atoms with E-state index in [9.17, 15) is 4.79 Å². The maximum Gasteiger partial charge on any atom is 0.412 e. The molecular weight excluding hydrogens is 332 g/mol. The van der Waals surface area contributed by atoms with E-state index in [4.69, 9.17) is 13.9 Å². The average molecular weight is 354 g/mol. The van der Waals surface area contributed by atoms with Crippen molar-refractivity contribution in [2.45, 2.75) is 39.9 Å². The minimum absolute atomic E-state index is 0.381. The molecule has 1 heterocycles. The Labute approximate surface area is 152 Å². The SMILES string of the molecule is Cc1nc2cc(NC(=O)OC(C)(C)C)cc(OCc3ccccc3)c2o1. The zero-order chi connectivity index (χ0) is 18.7. The first-order valence-corrected chi connectivity index (χ1v) is 8.38. The van der Waals surface area contributed by atoms with Crippen LogP contribution in [0.4, 0.5) is 10.5 Å². The second kappa shape index (κ2) is 7.07. The van der Waals surface area contributed by atoms with Crippen LogP contribution in [-0.4, -0.2) is 16.7 Å². The molecule has 3 rings (SSSR count). The molecule has 0 spiro atoms. The lowest BCUT2D eigenvalue weighted by Gasteiger charge is -2.19. The highest BCUT2D eigenvalue weighted by Crippen LogP contribution is 2.31. The molecule has 136 valence electrons. The minimum Gasteiger partial charge on any atom is -0.485 e. The molecule has 1 amide bonds. The quantitative estimate of drug-likeness (QED) is 0.709. The van der Waals surface area contributed by atoms with Crippen LogP contribution >= 0.6 is 0 Å². The van der Waals surface area contributed by atoms with Gasteiger partial charge in [-0.25, -0.2) is 9.78 Å². The molecule has 0 aliphatic heterocycles. The van der Waals surface area contributed by atoms with Crippen LogP contribution < -0.4 is 10.1 Å². The van der Waals surface area contributed by atoms with Crippen molar-refractivity contribution in [1.29, 1.82) is 0 Å². The molecule has 0 atom stereocenters. The Morgan fingerprint density at radius 1 is 1.19 bits per heavy atom. The fourth-order valence-corrected chi connectivity index (χ4v) is 2.45. The zero-order valence-corrected chi connectivity index (χ0v) is 15.3. The van der Waals surface area contributed by atoms with Crippen molar-refractivity contribution in [3.05, 3.63) is 53.9 Å². The number of amides is 1. The maximum absolute atomic E-state index is 12.0. The number of fused-ring (bicyclic) bond motifs is 1. The van der Waals surface area contributed by atoms with E-state index in [1.54, 1.807) is 19.1 Å². The number of anilines is 1. The van der Waals surface area contributed by atoms with Crippen molar-refractivity contribution in [3.8, 4) is 5.75 Å². The number of rotatable bonds is 4. The van der Waals surface area contributed by atoms with Gasteiger partial charge in [0.2, 0.25) is 0 Å². The first kappa shape index (κ1) is 17.8. The van der Waals surface area contributed by atoms with Crippen molar-refractivity contribution in [2.24, 2.45) is 0 Å². The summed E-state index contributed by atoms with van der Waals surface area (Å²) in [6.07, 6.45) is -0.536. The van der Waals surface area contributed by atoms with Gasteiger partial charge in [0.05, 0.1) is 5.69 Å². The molecule has 3 aromatic rings. The Bertz CT molecular complexity index is 911. The molecule has 2 aromatic carbocycles. The predicted octanol–water partition coefficient (Wildman–Crippen LogP) is 5.06. The summed E-state index contributed by atoms with van der Waals surface area (Å²) in [6, 6.07) is 13.2. The Hall–Kier alpha value is -3.02. The number of nitrogens with zero attached hydrogens (tertiary/aromatic N) is 1. The van der Waals surface area contributed by atoms with Gasteiger partial charge in [0, 0.05) is 13.0 Å². The lowest BCUT2D eigenvalue weighted by molar-refractivity contribution is 0.0636. The van der Waals surface area contributed by atoms with Crippen LogP contribution in [0.1, 0.15) is 32.2 Å². The van der Waals surface area contributed by atoms with E-state index >= 15 is 0 Å². The second-order valence-electron chi connectivity index (χ2n) is 6.96. The smallest absolute Gasteiger partial charge is 0.412 e. The standard InChI is InChI=1S/C20H22N2O4/c1-13-21-16-10-15(22-19(23)26-20(2,3)4)11-17(18(16)25-13)24-12-14-8-6-5-7-9-14/h5-11H,12H2,1-4H3,(H,22,23). The van der Waals surface area contributed by atoms with Crippen LogP contribution in [0.15, 0.2) is 46.9 Å². The summed E-state index contributed by atoms with van der Waals surface area (Å²) < 4.78 is 16.9. The highest BCUT2D eigenvalue weighted by Gasteiger charge is 2.18. The largest absolute Gasteiger partial charge is 0.485 e. The summed E-state index contributed by atoms with van der Waals surface area (Å²) >= 11 is 0. The first-order chi connectivity index (χ1) is 12.3. The van der Waals surface area contributed by atoms with Crippen molar-refractivity contribution in [3.63, 3.8) is 0 Å². The molecule has 1 N–H and O–H groups in total. The summed E-state index contributed by atoms with van der Waals surface area (Å²) in [5.41, 5.74) is 2.14. The number of hydrogen-bond acceptors (Lipinski definition) is 5. The van der Waals surface area contributed by atoms with Crippen LogP contribution in [0.25, 0.3) is 11.1 Å². The van der Waals surface area contributed by atoms with Crippen molar-refractivity contribution in [1.82, 2.24) is 4.98 Å². The third-order valence-electron chi connectivity index (χ3n) is 3.45.